The Morgan fingerprint density at radius 1 is 1.14 bits per heavy atom. The minimum atomic E-state index is -4.38. The summed E-state index contributed by atoms with van der Waals surface area (Å²) in [5, 5.41) is 0. The Kier molecular flexibility index (Phi) is 4.73. The van der Waals surface area contributed by atoms with E-state index >= 15 is 0 Å². The molecule has 7 heteroatoms. The maximum absolute atomic E-state index is 12.5. The molecule has 4 nitrogen and oxygen atoms in total. The zero-order valence-electron chi connectivity index (χ0n) is 11.9. The van der Waals surface area contributed by atoms with Crippen LogP contribution in [0, 0.1) is 5.92 Å². The monoisotopic (exact) mass is 314 g/mol. The number of carbonyl (C=O) groups excluding carboxylic acids is 2. The quantitative estimate of drug-likeness (QED) is 0.927. The van der Waals surface area contributed by atoms with Gasteiger partial charge >= 0.3 is 6.18 Å². The van der Waals surface area contributed by atoms with Crippen LogP contribution < -0.4 is 5.73 Å². The first-order valence-electron chi connectivity index (χ1n) is 7.00. The van der Waals surface area contributed by atoms with Crippen LogP contribution in [0.5, 0.6) is 0 Å². The van der Waals surface area contributed by atoms with E-state index in [1.165, 1.54) is 12.1 Å². The van der Waals surface area contributed by atoms with E-state index in [0.29, 0.717) is 31.5 Å². The molecule has 2 amide bonds. The van der Waals surface area contributed by atoms with Crippen LogP contribution in [0.1, 0.15) is 24.0 Å². The summed E-state index contributed by atoms with van der Waals surface area (Å²) in [5.74, 6) is -0.701. The third-order valence-electron chi connectivity index (χ3n) is 3.89. The Hall–Kier alpha value is -2.05. The van der Waals surface area contributed by atoms with Crippen LogP contribution in [0.25, 0.3) is 0 Å². The molecule has 0 aliphatic carbocycles. The first-order chi connectivity index (χ1) is 10.3. The van der Waals surface area contributed by atoms with E-state index in [9.17, 15) is 22.8 Å². The number of hydrogen-bond donors (Lipinski definition) is 1. The third kappa shape index (κ3) is 3.99. The smallest absolute Gasteiger partial charge is 0.369 e. The molecule has 0 unspecified atom stereocenters. The van der Waals surface area contributed by atoms with Gasteiger partial charge in [0.2, 0.25) is 11.8 Å². The van der Waals surface area contributed by atoms with Crippen LogP contribution in [0.2, 0.25) is 0 Å². The number of alkyl halides is 3. The Morgan fingerprint density at radius 3 is 2.14 bits per heavy atom. The van der Waals surface area contributed by atoms with Gasteiger partial charge in [-0.2, -0.15) is 13.2 Å². The highest BCUT2D eigenvalue weighted by Gasteiger charge is 2.30. The van der Waals surface area contributed by atoms with Crippen molar-refractivity contribution in [2.45, 2.75) is 25.4 Å². The molecule has 22 heavy (non-hydrogen) atoms. The van der Waals surface area contributed by atoms with Gasteiger partial charge in [-0.3, -0.25) is 9.59 Å². The second-order valence-electron chi connectivity index (χ2n) is 5.43. The maximum atomic E-state index is 12.5. The number of piperidine rings is 1. The lowest BCUT2D eigenvalue weighted by Gasteiger charge is -2.30. The zero-order valence-corrected chi connectivity index (χ0v) is 11.9. The SMILES string of the molecule is NC(=O)C1CCN(C(=O)Cc2ccc(C(F)(F)F)cc2)CC1. The minimum absolute atomic E-state index is 0.0549. The van der Waals surface area contributed by atoms with Gasteiger partial charge in [-0.05, 0) is 30.5 Å². The molecule has 0 aromatic heterocycles. The molecule has 0 bridgehead atoms. The average Bonchev–Trinajstić information content (AvgIpc) is 2.47. The maximum Gasteiger partial charge on any atom is 0.416 e. The summed E-state index contributed by atoms with van der Waals surface area (Å²) in [6.07, 6.45) is -3.25. The zero-order chi connectivity index (χ0) is 16.3. The van der Waals surface area contributed by atoms with Crippen molar-refractivity contribution in [1.82, 2.24) is 4.90 Å². The van der Waals surface area contributed by atoms with Crippen molar-refractivity contribution < 1.29 is 22.8 Å². The summed E-state index contributed by atoms with van der Waals surface area (Å²) in [7, 11) is 0. The number of rotatable bonds is 3. The molecule has 1 aliphatic rings. The summed E-state index contributed by atoms with van der Waals surface area (Å²) in [5.41, 5.74) is 5.03. The highest BCUT2D eigenvalue weighted by molar-refractivity contribution is 5.80. The van der Waals surface area contributed by atoms with E-state index in [1.54, 1.807) is 4.90 Å². The van der Waals surface area contributed by atoms with Gasteiger partial charge in [0.05, 0.1) is 12.0 Å². The third-order valence-corrected chi connectivity index (χ3v) is 3.89. The van der Waals surface area contributed by atoms with Crippen molar-refractivity contribution in [2.75, 3.05) is 13.1 Å². The first kappa shape index (κ1) is 16.3. The molecule has 1 heterocycles. The largest absolute Gasteiger partial charge is 0.416 e. The predicted octanol–water partition coefficient (Wildman–Crippen LogP) is 1.97. The van der Waals surface area contributed by atoms with Crippen LogP contribution in [-0.2, 0) is 22.2 Å². The summed E-state index contributed by atoms with van der Waals surface area (Å²) >= 11 is 0. The Labute approximate surface area is 126 Å². The lowest BCUT2D eigenvalue weighted by Crippen LogP contribution is -2.42. The van der Waals surface area contributed by atoms with E-state index in [4.69, 9.17) is 5.73 Å². The van der Waals surface area contributed by atoms with Gasteiger partial charge in [0.25, 0.3) is 0 Å². The second kappa shape index (κ2) is 6.37. The van der Waals surface area contributed by atoms with Crippen molar-refractivity contribution in [3.05, 3.63) is 35.4 Å². The fourth-order valence-corrected chi connectivity index (χ4v) is 2.51. The minimum Gasteiger partial charge on any atom is -0.369 e. The Balaban J connectivity index is 1.91. The van der Waals surface area contributed by atoms with Crippen molar-refractivity contribution in [1.29, 1.82) is 0 Å². The van der Waals surface area contributed by atoms with Gasteiger partial charge in [-0.25, -0.2) is 0 Å². The van der Waals surface area contributed by atoms with Crippen molar-refractivity contribution >= 4 is 11.8 Å². The number of halogens is 3. The van der Waals surface area contributed by atoms with E-state index in [1.807, 2.05) is 0 Å². The Morgan fingerprint density at radius 2 is 1.68 bits per heavy atom. The van der Waals surface area contributed by atoms with Crippen LogP contribution in [0.4, 0.5) is 13.2 Å². The molecule has 0 saturated carbocycles. The topological polar surface area (TPSA) is 63.4 Å². The van der Waals surface area contributed by atoms with Gasteiger partial charge < -0.3 is 10.6 Å². The van der Waals surface area contributed by atoms with Gasteiger partial charge in [-0.15, -0.1) is 0 Å². The first-order valence-corrected chi connectivity index (χ1v) is 7.00. The van der Waals surface area contributed by atoms with Crippen LogP contribution in [-0.4, -0.2) is 29.8 Å². The van der Waals surface area contributed by atoms with Crippen LogP contribution in [0.15, 0.2) is 24.3 Å². The molecule has 1 aliphatic heterocycles. The van der Waals surface area contributed by atoms with E-state index in [0.717, 1.165) is 12.1 Å². The van der Waals surface area contributed by atoms with Gasteiger partial charge in [0.15, 0.2) is 0 Å². The number of primary amides is 1. The highest BCUT2D eigenvalue weighted by atomic mass is 19.4. The fourth-order valence-electron chi connectivity index (χ4n) is 2.51. The second-order valence-corrected chi connectivity index (χ2v) is 5.43. The van der Waals surface area contributed by atoms with Crippen LogP contribution in [0.3, 0.4) is 0 Å². The fraction of sp³-hybridized carbons (Fsp3) is 0.467. The lowest BCUT2D eigenvalue weighted by atomic mass is 9.96. The predicted molar refractivity (Wildman–Crippen MR) is 73.6 cm³/mol. The summed E-state index contributed by atoms with van der Waals surface area (Å²) in [6, 6.07) is 4.58. The number of nitrogens with zero attached hydrogens (tertiary/aromatic N) is 1. The number of likely N-dealkylation sites (tertiary alicyclic amines) is 1. The van der Waals surface area contributed by atoms with Crippen molar-refractivity contribution in [3.63, 3.8) is 0 Å². The standard InChI is InChI=1S/C15H17F3N2O2/c16-15(17,18)12-3-1-10(2-4-12)9-13(21)20-7-5-11(6-8-20)14(19)22/h1-4,11H,5-9H2,(H2,19,22). The lowest BCUT2D eigenvalue weighted by molar-refractivity contribution is -0.137. The summed E-state index contributed by atoms with van der Waals surface area (Å²) in [4.78, 5) is 24.8. The van der Waals surface area contributed by atoms with E-state index < -0.39 is 11.7 Å². The molecule has 2 N–H and O–H groups in total. The number of amides is 2. The molecule has 0 atom stereocenters. The molecule has 1 aromatic rings. The number of benzene rings is 1. The van der Waals surface area contributed by atoms with E-state index in [2.05, 4.69) is 0 Å². The van der Waals surface area contributed by atoms with Crippen LogP contribution >= 0.6 is 0 Å². The number of carbonyl (C=O) groups is 2. The molecule has 1 fully saturated rings. The summed E-state index contributed by atoms with van der Waals surface area (Å²) in [6.45, 7) is 0.903. The normalized spacial score (nSPS) is 16.6. The molecule has 2 rings (SSSR count). The van der Waals surface area contributed by atoms with Gasteiger partial charge in [0.1, 0.15) is 0 Å². The average molecular weight is 314 g/mol. The molecule has 0 radical (unpaired) electrons. The summed E-state index contributed by atoms with van der Waals surface area (Å²) < 4.78 is 37.4. The Bertz CT molecular complexity index is 547. The number of nitrogens with two attached hydrogens (primary N) is 1. The molecular weight excluding hydrogens is 297 g/mol. The molecule has 1 saturated heterocycles. The van der Waals surface area contributed by atoms with Crippen molar-refractivity contribution in [2.24, 2.45) is 11.7 Å². The molecule has 0 spiro atoms. The molecule has 120 valence electrons. The molecular formula is C15H17F3N2O2. The van der Waals surface area contributed by atoms with Crippen molar-refractivity contribution in [3.8, 4) is 0 Å². The van der Waals surface area contributed by atoms with Gasteiger partial charge in [0, 0.05) is 19.0 Å². The molecule has 1 aromatic carbocycles. The number of hydrogen-bond acceptors (Lipinski definition) is 2. The van der Waals surface area contributed by atoms with Gasteiger partial charge in [-0.1, -0.05) is 12.1 Å². The van der Waals surface area contributed by atoms with E-state index in [-0.39, 0.29) is 24.2 Å². The highest BCUT2D eigenvalue weighted by Crippen LogP contribution is 2.29.